The summed E-state index contributed by atoms with van der Waals surface area (Å²) in [7, 11) is 0. The first kappa shape index (κ1) is 11.6. The van der Waals surface area contributed by atoms with Crippen LogP contribution in [-0.4, -0.2) is 9.38 Å². The van der Waals surface area contributed by atoms with Gasteiger partial charge in [0.25, 0.3) is 0 Å². The highest BCUT2D eigenvalue weighted by Gasteiger charge is 2.16. The standard InChI is InChI=1S/C15H13N3O/c1-10-6-7-11(2)12(9-10)14-15(17-19)18-8-4-3-5-13(18)16-14/h3-9H,1-2H3. The number of benzene rings is 1. The summed E-state index contributed by atoms with van der Waals surface area (Å²) in [5.41, 5.74) is 4.54. The van der Waals surface area contributed by atoms with Crippen LogP contribution in [0.1, 0.15) is 11.1 Å². The predicted molar refractivity (Wildman–Crippen MR) is 75.6 cm³/mol. The summed E-state index contributed by atoms with van der Waals surface area (Å²) in [5.74, 6) is 0.351. The number of fused-ring (bicyclic) bond motifs is 1. The Morgan fingerprint density at radius 3 is 2.79 bits per heavy atom. The summed E-state index contributed by atoms with van der Waals surface area (Å²) < 4.78 is 1.71. The first-order chi connectivity index (χ1) is 9.20. The molecule has 4 nitrogen and oxygen atoms in total. The normalized spacial score (nSPS) is 10.8. The molecule has 4 heteroatoms. The number of hydrogen-bond donors (Lipinski definition) is 0. The second kappa shape index (κ2) is 4.31. The van der Waals surface area contributed by atoms with E-state index in [2.05, 4.69) is 10.2 Å². The molecule has 0 saturated heterocycles. The molecule has 2 heterocycles. The third kappa shape index (κ3) is 1.81. The van der Waals surface area contributed by atoms with Gasteiger partial charge < -0.3 is 0 Å². The van der Waals surface area contributed by atoms with Gasteiger partial charge in [0.2, 0.25) is 5.82 Å². The van der Waals surface area contributed by atoms with Crippen molar-refractivity contribution in [2.75, 3.05) is 0 Å². The molecular weight excluding hydrogens is 238 g/mol. The van der Waals surface area contributed by atoms with Gasteiger partial charge in [-0.05, 0) is 42.8 Å². The fraction of sp³-hybridized carbons (Fsp3) is 0.133. The van der Waals surface area contributed by atoms with Crippen molar-refractivity contribution >= 4 is 11.5 Å². The van der Waals surface area contributed by atoms with Crippen LogP contribution in [0.3, 0.4) is 0 Å². The molecule has 0 spiro atoms. The summed E-state index contributed by atoms with van der Waals surface area (Å²) >= 11 is 0. The zero-order valence-corrected chi connectivity index (χ0v) is 10.8. The molecule has 0 aliphatic carbocycles. The SMILES string of the molecule is Cc1ccc(C)c(-c2nc3ccccn3c2N=O)c1. The van der Waals surface area contributed by atoms with E-state index in [1.54, 1.807) is 10.6 Å². The average molecular weight is 251 g/mol. The number of rotatable bonds is 2. The van der Waals surface area contributed by atoms with Crippen LogP contribution in [0.5, 0.6) is 0 Å². The van der Waals surface area contributed by atoms with Crippen LogP contribution in [0.4, 0.5) is 5.82 Å². The third-order valence-electron chi connectivity index (χ3n) is 3.24. The lowest BCUT2D eigenvalue weighted by atomic mass is 10.0. The minimum Gasteiger partial charge on any atom is -0.281 e. The fourth-order valence-corrected chi connectivity index (χ4v) is 2.24. The van der Waals surface area contributed by atoms with Gasteiger partial charge in [-0.3, -0.25) is 4.40 Å². The first-order valence-electron chi connectivity index (χ1n) is 6.09. The van der Waals surface area contributed by atoms with Gasteiger partial charge in [0, 0.05) is 11.8 Å². The van der Waals surface area contributed by atoms with Crippen molar-refractivity contribution < 1.29 is 0 Å². The molecule has 0 bridgehead atoms. The maximum atomic E-state index is 11.2. The van der Waals surface area contributed by atoms with Gasteiger partial charge in [0.05, 0.1) is 0 Å². The van der Waals surface area contributed by atoms with Crippen LogP contribution in [0.25, 0.3) is 16.9 Å². The summed E-state index contributed by atoms with van der Waals surface area (Å²) in [5, 5.41) is 3.16. The Bertz CT molecular complexity index is 774. The average Bonchev–Trinajstić information content (AvgIpc) is 2.79. The zero-order valence-electron chi connectivity index (χ0n) is 10.8. The third-order valence-corrected chi connectivity index (χ3v) is 3.24. The number of imidazole rings is 1. The second-order valence-electron chi connectivity index (χ2n) is 4.62. The van der Waals surface area contributed by atoms with Crippen LogP contribution < -0.4 is 0 Å². The minimum absolute atomic E-state index is 0.351. The maximum absolute atomic E-state index is 11.2. The topological polar surface area (TPSA) is 46.7 Å². The Morgan fingerprint density at radius 1 is 1.16 bits per heavy atom. The van der Waals surface area contributed by atoms with Crippen molar-refractivity contribution in [2.45, 2.75) is 13.8 Å². The highest BCUT2D eigenvalue weighted by Crippen LogP contribution is 2.33. The second-order valence-corrected chi connectivity index (χ2v) is 4.62. The van der Waals surface area contributed by atoms with Crippen molar-refractivity contribution in [3.63, 3.8) is 0 Å². The van der Waals surface area contributed by atoms with Gasteiger partial charge in [-0.1, -0.05) is 23.8 Å². The van der Waals surface area contributed by atoms with E-state index in [1.807, 2.05) is 50.2 Å². The smallest absolute Gasteiger partial charge is 0.209 e. The predicted octanol–water partition coefficient (Wildman–Crippen LogP) is 4.02. The molecule has 0 unspecified atom stereocenters. The highest BCUT2D eigenvalue weighted by atomic mass is 16.3. The van der Waals surface area contributed by atoms with Crippen LogP contribution in [0, 0.1) is 18.8 Å². The van der Waals surface area contributed by atoms with Gasteiger partial charge in [-0.25, -0.2) is 4.98 Å². The molecular formula is C15H13N3O. The molecule has 0 fully saturated rings. The molecule has 0 saturated carbocycles. The fourth-order valence-electron chi connectivity index (χ4n) is 2.24. The van der Waals surface area contributed by atoms with Crippen molar-refractivity contribution in [3.8, 4) is 11.3 Å². The molecule has 0 aliphatic heterocycles. The van der Waals surface area contributed by atoms with E-state index in [9.17, 15) is 4.91 Å². The number of nitrogens with zero attached hydrogens (tertiary/aromatic N) is 3. The molecule has 0 N–H and O–H groups in total. The Hall–Kier alpha value is -2.49. The quantitative estimate of drug-likeness (QED) is 0.646. The van der Waals surface area contributed by atoms with E-state index < -0.39 is 0 Å². The summed E-state index contributed by atoms with van der Waals surface area (Å²) in [6.45, 7) is 4.03. The highest BCUT2D eigenvalue weighted by molar-refractivity contribution is 5.77. The molecule has 94 valence electrons. The van der Waals surface area contributed by atoms with Gasteiger partial charge in [-0.2, -0.15) is 0 Å². The molecule has 0 aliphatic rings. The van der Waals surface area contributed by atoms with Crippen molar-refractivity contribution in [1.29, 1.82) is 0 Å². The number of pyridine rings is 1. The van der Waals surface area contributed by atoms with E-state index in [-0.39, 0.29) is 0 Å². The number of aryl methyl sites for hydroxylation is 2. The number of nitroso groups, excluding NO2 is 1. The Labute approximate surface area is 110 Å². The van der Waals surface area contributed by atoms with Crippen LogP contribution in [-0.2, 0) is 0 Å². The van der Waals surface area contributed by atoms with Crippen LogP contribution in [0.15, 0.2) is 47.8 Å². The molecule has 0 amide bonds. The summed E-state index contributed by atoms with van der Waals surface area (Å²) in [6, 6.07) is 11.7. The van der Waals surface area contributed by atoms with E-state index >= 15 is 0 Å². The van der Waals surface area contributed by atoms with E-state index in [0.717, 1.165) is 22.3 Å². The lowest BCUT2D eigenvalue weighted by molar-refractivity contribution is 1.16. The lowest BCUT2D eigenvalue weighted by Crippen LogP contribution is -1.85. The first-order valence-corrected chi connectivity index (χ1v) is 6.09. The molecule has 0 radical (unpaired) electrons. The van der Waals surface area contributed by atoms with E-state index in [0.29, 0.717) is 11.5 Å². The number of hydrogen-bond acceptors (Lipinski definition) is 3. The molecule has 1 aromatic carbocycles. The van der Waals surface area contributed by atoms with Crippen LogP contribution in [0.2, 0.25) is 0 Å². The Morgan fingerprint density at radius 2 is 2.00 bits per heavy atom. The van der Waals surface area contributed by atoms with Crippen molar-refractivity contribution in [1.82, 2.24) is 9.38 Å². The summed E-state index contributed by atoms with van der Waals surface area (Å²) in [6.07, 6.45) is 1.80. The van der Waals surface area contributed by atoms with Crippen molar-refractivity contribution in [3.05, 3.63) is 58.6 Å². The monoisotopic (exact) mass is 251 g/mol. The van der Waals surface area contributed by atoms with Crippen molar-refractivity contribution in [2.24, 2.45) is 5.18 Å². The van der Waals surface area contributed by atoms with Gasteiger partial charge in [0.15, 0.2) is 0 Å². The number of aromatic nitrogens is 2. The summed E-state index contributed by atoms with van der Waals surface area (Å²) in [4.78, 5) is 15.7. The largest absolute Gasteiger partial charge is 0.281 e. The van der Waals surface area contributed by atoms with Crippen LogP contribution >= 0.6 is 0 Å². The molecule has 3 rings (SSSR count). The molecule has 3 aromatic rings. The minimum atomic E-state index is 0.351. The van der Waals surface area contributed by atoms with Gasteiger partial charge >= 0.3 is 0 Å². The zero-order chi connectivity index (χ0) is 13.4. The molecule has 19 heavy (non-hydrogen) atoms. The maximum Gasteiger partial charge on any atom is 0.209 e. The molecule has 2 aromatic heterocycles. The van der Waals surface area contributed by atoms with E-state index in [4.69, 9.17) is 0 Å². The van der Waals surface area contributed by atoms with Gasteiger partial charge in [0.1, 0.15) is 11.3 Å². The Balaban J connectivity index is 2.36. The Kier molecular flexibility index (Phi) is 2.63. The lowest BCUT2D eigenvalue weighted by Gasteiger charge is -2.04. The van der Waals surface area contributed by atoms with E-state index in [1.165, 1.54) is 0 Å². The van der Waals surface area contributed by atoms with Gasteiger partial charge in [-0.15, -0.1) is 4.91 Å². The molecule has 0 atom stereocenters.